The van der Waals surface area contributed by atoms with Gasteiger partial charge in [-0.25, -0.2) is 9.78 Å². The van der Waals surface area contributed by atoms with Crippen LogP contribution in [0.25, 0.3) is 0 Å². The molecule has 0 radical (unpaired) electrons. The topological polar surface area (TPSA) is 112 Å². The van der Waals surface area contributed by atoms with Crippen molar-refractivity contribution in [1.82, 2.24) is 14.9 Å². The van der Waals surface area contributed by atoms with Crippen LogP contribution in [-0.4, -0.2) is 58.0 Å². The number of furan rings is 1. The number of amides is 1. The zero-order valence-electron chi connectivity index (χ0n) is 15.5. The Morgan fingerprint density at radius 2 is 1.79 bits per heavy atom. The number of aromatic nitrogens is 2. The van der Waals surface area contributed by atoms with E-state index in [1.165, 1.54) is 18.4 Å². The number of nitrogens with zero attached hydrogens (tertiary/aromatic N) is 4. The van der Waals surface area contributed by atoms with Crippen molar-refractivity contribution in [3.8, 4) is 0 Å². The normalized spacial score (nSPS) is 13.9. The average molecular weight is 393 g/mol. The van der Waals surface area contributed by atoms with E-state index in [1.807, 2.05) is 4.90 Å². The Labute approximate surface area is 166 Å². The summed E-state index contributed by atoms with van der Waals surface area (Å²) < 4.78 is 5.18. The Morgan fingerprint density at radius 3 is 2.45 bits per heavy atom. The van der Waals surface area contributed by atoms with Crippen molar-refractivity contribution in [2.75, 3.05) is 36.4 Å². The smallest absolute Gasteiger partial charge is 0.335 e. The summed E-state index contributed by atoms with van der Waals surface area (Å²) in [4.78, 5) is 36.0. The van der Waals surface area contributed by atoms with E-state index in [4.69, 9.17) is 9.52 Å². The predicted molar refractivity (Wildman–Crippen MR) is 106 cm³/mol. The molecule has 3 heterocycles. The van der Waals surface area contributed by atoms with E-state index < -0.39 is 5.97 Å². The Balaban J connectivity index is 1.39. The number of benzene rings is 1. The van der Waals surface area contributed by atoms with Crippen LogP contribution in [0.2, 0.25) is 0 Å². The number of piperazine rings is 1. The first-order valence-corrected chi connectivity index (χ1v) is 9.11. The second-order valence-corrected chi connectivity index (χ2v) is 6.51. The maximum atomic E-state index is 12.4. The fourth-order valence-electron chi connectivity index (χ4n) is 3.08. The fourth-order valence-corrected chi connectivity index (χ4v) is 3.08. The first kappa shape index (κ1) is 18.5. The molecular formula is C20H19N5O4. The molecule has 2 N–H and O–H groups in total. The van der Waals surface area contributed by atoms with Crippen molar-refractivity contribution < 1.29 is 19.1 Å². The first-order valence-electron chi connectivity index (χ1n) is 9.11. The molecule has 0 spiro atoms. The highest BCUT2D eigenvalue weighted by Gasteiger charge is 2.24. The summed E-state index contributed by atoms with van der Waals surface area (Å²) in [6, 6.07) is 11.5. The molecule has 0 saturated carbocycles. The van der Waals surface area contributed by atoms with E-state index >= 15 is 0 Å². The number of anilines is 3. The van der Waals surface area contributed by atoms with Gasteiger partial charge in [-0.3, -0.25) is 4.79 Å². The van der Waals surface area contributed by atoms with Gasteiger partial charge in [0.05, 0.1) is 11.8 Å². The minimum absolute atomic E-state index is 0.115. The van der Waals surface area contributed by atoms with Crippen LogP contribution >= 0.6 is 0 Å². The monoisotopic (exact) mass is 393 g/mol. The predicted octanol–water partition coefficient (Wildman–Crippen LogP) is 2.47. The summed E-state index contributed by atoms with van der Waals surface area (Å²) >= 11 is 0. The maximum Gasteiger partial charge on any atom is 0.335 e. The Morgan fingerprint density at radius 1 is 1.03 bits per heavy atom. The molecule has 1 aliphatic rings. The number of carboxylic acid groups (broad SMARTS) is 1. The quantitative estimate of drug-likeness (QED) is 0.680. The first-order chi connectivity index (χ1) is 14.1. The lowest BCUT2D eigenvalue weighted by Gasteiger charge is -2.34. The largest absolute Gasteiger partial charge is 0.478 e. The van der Waals surface area contributed by atoms with Gasteiger partial charge in [0.15, 0.2) is 5.76 Å². The van der Waals surface area contributed by atoms with Crippen molar-refractivity contribution in [3.05, 3.63) is 66.2 Å². The minimum atomic E-state index is -0.967. The van der Waals surface area contributed by atoms with Crippen molar-refractivity contribution in [2.45, 2.75) is 0 Å². The molecule has 3 aromatic rings. The van der Waals surface area contributed by atoms with Crippen LogP contribution in [0.3, 0.4) is 0 Å². The SMILES string of the molecule is O=C(O)c1ccc(Nc2ccnc(N3CCN(C(=O)c4ccco4)CC3)n2)cc1. The average Bonchev–Trinajstić information content (AvgIpc) is 3.29. The number of nitrogens with one attached hydrogen (secondary N) is 1. The second kappa shape index (κ2) is 8.01. The lowest BCUT2D eigenvalue weighted by atomic mass is 10.2. The van der Waals surface area contributed by atoms with E-state index in [9.17, 15) is 9.59 Å². The number of aromatic carboxylic acids is 1. The van der Waals surface area contributed by atoms with Gasteiger partial charge in [-0.1, -0.05) is 0 Å². The molecular weight excluding hydrogens is 374 g/mol. The van der Waals surface area contributed by atoms with Crippen molar-refractivity contribution in [2.24, 2.45) is 0 Å². The van der Waals surface area contributed by atoms with Gasteiger partial charge < -0.3 is 24.6 Å². The van der Waals surface area contributed by atoms with Crippen LogP contribution in [0, 0.1) is 0 Å². The highest BCUT2D eigenvalue weighted by Crippen LogP contribution is 2.19. The van der Waals surface area contributed by atoms with Crippen LogP contribution < -0.4 is 10.2 Å². The van der Waals surface area contributed by atoms with Crippen molar-refractivity contribution >= 4 is 29.3 Å². The van der Waals surface area contributed by atoms with Crippen molar-refractivity contribution in [1.29, 1.82) is 0 Å². The van der Waals surface area contributed by atoms with E-state index in [0.29, 0.717) is 43.7 Å². The van der Waals surface area contributed by atoms with E-state index in [1.54, 1.807) is 41.4 Å². The maximum absolute atomic E-state index is 12.4. The van der Waals surface area contributed by atoms with Gasteiger partial charge in [0.1, 0.15) is 5.82 Å². The standard InChI is InChI=1S/C20H19N5O4/c26-18(16-2-1-13-29-16)24-9-11-25(12-10-24)20-21-8-7-17(23-20)22-15-5-3-14(4-6-15)19(27)28/h1-8,13H,9-12H2,(H,27,28)(H,21,22,23). The highest BCUT2D eigenvalue weighted by molar-refractivity contribution is 5.91. The van der Waals surface area contributed by atoms with E-state index in [2.05, 4.69) is 15.3 Å². The Hall–Kier alpha value is -3.88. The second-order valence-electron chi connectivity index (χ2n) is 6.51. The molecule has 4 rings (SSSR count). The molecule has 1 amide bonds. The zero-order valence-corrected chi connectivity index (χ0v) is 15.5. The Bertz CT molecular complexity index is 996. The number of rotatable bonds is 5. The summed E-state index contributed by atoms with van der Waals surface area (Å²) in [6.07, 6.45) is 3.15. The molecule has 0 bridgehead atoms. The van der Waals surface area contributed by atoms with Gasteiger partial charge in [-0.2, -0.15) is 4.98 Å². The van der Waals surface area contributed by atoms with Crippen LogP contribution in [0.4, 0.5) is 17.5 Å². The van der Waals surface area contributed by atoms with E-state index in [0.717, 1.165) is 5.69 Å². The molecule has 1 fully saturated rings. The molecule has 29 heavy (non-hydrogen) atoms. The summed E-state index contributed by atoms with van der Waals surface area (Å²) in [6.45, 7) is 2.33. The fraction of sp³-hybridized carbons (Fsp3) is 0.200. The third-order valence-corrected chi connectivity index (χ3v) is 4.63. The molecule has 0 unspecified atom stereocenters. The summed E-state index contributed by atoms with van der Waals surface area (Å²) in [5, 5.41) is 12.1. The van der Waals surface area contributed by atoms with E-state index in [-0.39, 0.29) is 11.5 Å². The molecule has 0 atom stereocenters. The number of carbonyl (C=O) groups excluding carboxylic acids is 1. The molecule has 148 valence electrons. The highest BCUT2D eigenvalue weighted by atomic mass is 16.4. The van der Waals surface area contributed by atoms with Gasteiger partial charge in [0, 0.05) is 38.1 Å². The number of carboxylic acids is 1. The third kappa shape index (κ3) is 4.18. The molecule has 2 aromatic heterocycles. The number of carbonyl (C=O) groups is 2. The van der Waals surface area contributed by atoms with Crippen LogP contribution in [0.15, 0.2) is 59.3 Å². The lowest BCUT2D eigenvalue weighted by Crippen LogP contribution is -2.49. The van der Waals surface area contributed by atoms with Crippen LogP contribution in [0.1, 0.15) is 20.9 Å². The van der Waals surface area contributed by atoms with Gasteiger partial charge in [0.25, 0.3) is 5.91 Å². The lowest BCUT2D eigenvalue weighted by molar-refractivity contribution is 0.0693. The van der Waals surface area contributed by atoms with Crippen LogP contribution in [-0.2, 0) is 0 Å². The summed E-state index contributed by atoms with van der Waals surface area (Å²) in [5.74, 6) is 0.436. The number of hydrogen-bond donors (Lipinski definition) is 2. The molecule has 9 heteroatoms. The summed E-state index contributed by atoms with van der Waals surface area (Å²) in [5.41, 5.74) is 0.953. The molecule has 1 saturated heterocycles. The molecule has 1 aliphatic heterocycles. The van der Waals surface area contributed by atoms with Crippen molar-refractivity contribution in [3.63, 3.8) is 0 Å². The van der Waals surface area contributed by atoms with Gasteiger partial charge in [0.2, 0.25) is 5.95 Å². The third-order valence-electron chi connectivity index (χ3n) is 4.63. The molecule has 0 aliphatic carbocycles. The molecule has 1 aromatic carbocycles. The summed E-state index contributed by atoms with van der Waals surface area (Å²) in [7, 11) is 0. The minimum Gasteiger partial charge on any atom is -0.478 e. The Kier molecular flexibility index (Phi) is 5.10. The van der Waals surface area contributed by atoms with Crippen LogP contribution in [0.5, 0.6) is 0 Å². The molecule has 9 nitrogen and oxygen atoms in total. The zero-order chi connectivity index (χ0) is 20.2. The van der Waals surface area contributed by atoms with Gasteiger partial charge in [-0.05, 0) is 42.5 Å². The van der Waals surface area contributed by atoms with Gasteiger partial charge in [-0.15, -0.1) is 0 Å². The van der Waals surface area contributed by atoms with Gasteiger partial charge >= 0.3 is 5.97 Å². The number of hydrogen-bond acceptors (Lipinski definition) is 7.